The summed E-state index contributed by atoms with van der Waals surface area (Å²) >= 11 is 1.48. The van der Waals surface area contributed by atoms with Crippen LogP contribution in [0, 0.1) is 0 Å². The molecule has 0 aliphatic carbocycles. The number of nitrogens with zero attached hydrogens (tertiary/aromatic N) is 1. The Balaban J connectivity index is 1.55. The van der Waals surface area contributed by atoms with Gasteiger partial charge in [0.25, 0.3) is 5.91 Å². The molecule has 2 heterocycles. The van der Waals surface area contributed by atoms with Crippen molar-refractivity contribution >= 4 is 45.0 Å². The Hall–Kier alpha value is -2.49. The number of hydrogen-bond acceptors (Lipinski definition) is 6. The van der Waals surface area contributed by atoms with Crippen LogP contribution >= 0.6 is 11.3 Å². The molecule has 1 aromatic heterocycles. The maximum atomic E-state index is 12.7. The standard InChI is InChI=1S/C20H22N2O5S2/c23-19(15-27-20(24)10-9-17-7-5-13-28-17)21-16-6-4-8-18(14-16)29(25,26)22-11-2-1-3-12-22/h4-10,13-14H,1-3,11-12,15H2,(H,21,23). The molecule has 1 aliphatic heterocycles. The van der Waals surface area contributed by atoms with Crippen LogP contribution < -0.4 is 5.32 Å². The van der Waals surface area contributed by atoms with Crippen LogP contribution in [0.3, 0.4) is 0 Å². The Labute approximate surface area is 174 Å². The van der Waals surface area contributed by atoms with Crippen molar-refractivity contribution in [3.63, 3.8) is 0 Å². The number of nitrogens with one attached hydrogen (secondary N) is 1. The summed E-state index contributed by atoms with van der Waals surface area (Å²) < 4.78 is 31.9. The number of sulfonamides is 1. The summed E-state index contributed by atoms with van der Waals surface area (Å²) in [5.74, 6) is -1.18. The van der Waals surface area contributed by atoms with Crippen LogP contribution in [0.25, 0.3) is 6.08 Å². The minimum Gasteiger partial charge on any atom is -0.452 e. The zero-order valence-corrected chi connectivity index (χ0v) is 17.4. The number of carbonyl (C=O) groups is 2. The van der Waals surface area contributed by atoms with Gasteiger partial charge in [0.1, 0.15) is 0 Å². The number of amides is 1. The molecular weight excluding hydrogens is 412 g/mol. The van der Waals surface area contributed by atoms with Crippen LogP contribution in [-0.4, -0.2) is 44.3 Å². The Kier molecular flexibility index (Phi) is 7.18. The molecule has 29 heavy (non-hydrogen) atoms. The van der Waals surface area contributed by atoms with E-state index in [0.717, 1.165) is 24.1 Å². The van der Waals surface area contributed by atoms with Gasteiger partial charge < -0.3 is 10.1 Å². The van der Waals surface area contributed by atoms with Gasteiger partial charge in [-0.05, 0) is 48.6 Å². The highest BCUT2D eigenvalue weighted by molar-refractivity contribution is 7.89. The first-order chi connectivity index (χ1) is 13.9. The third kappa shape index (κ3) is 5.99. The molecule has 1 N–H and O–H groups in total. The lowest BCUT2D eigenvalue weighted by atomic mass is 10.2. The zero-order valence-electron chi connectivity index (χ0n) is 15.7. The maximum Gasteiger partial charge on any atom is 0.331 e. The Bertz CT molecular complexity index is 978. The molecule has 2 aromatic rings. The van der Waals surface area contributed by atoms with E-state index in [2.05, 4.69) is 5.32 Å². The average molecular weight is 435 g/mol. The van der Waals surface area contributed by atoms with Gasteiger partial charge >= 0.3 is 5.97 Å². The maximum absolute atomic E-state index is 12.7. The molecule has 0 bridgehead atoms. The van der Waals surface area contributed by atoms with Crippen molar-refractivity contribution in [3.05, 3.63) is 52.7 Å². The van der Waals surface area contributed by atoms with Gasteiger partial charge in [0.2, 0.25) is 10.0 Å². The van der Waals surface area contributed by atoms with E-state index in [1.807, 2.05) is 17.5 Å². The quantitative estimate of drug-likeness (QED) is 0.534. The highest BCUT2D eigenvalue weighted by atomic mass is 32.2. The van der Waals surface area contributed by atoms with E-state index in [0.29, 0.717) is 18.8 Å². The lowest BCUT2D eigenvalue weighted by Crippen LogP contribution is -2.35. The molecule has 0 radical (unpaired) electrons. The first-order valence-electron chi connectivity index (χ1n) is 9.23. The number of carbonyl (C=O) groups excluding carboxylic acids is 2. The van der Waals surface area contributed by atoms with E-state index in [9.17, 15) is 18.0 Å². The fourth-order valence-electron chi connectivity index (χ4n) is 2.91. The third-order valence-corrected chi connectivity index (χ3v) is 7.08. The van der Waals surface area contributed by atoms with Crippen molar-refractivity contribution in [3.8, 4) is 0 Å². The van der Waals surface area contributed by atoms with Crippen molar-refractivity contribution in [1.29, 1.82) is 0 Å². The summed E-state index contributed by atoms with van der Waals surface area (Å²) in [4.78, 5) is 24.8. The lowest BCUT2D eigenvalue weighted by Gasteiger charge is -2.26. The third-order valence-electron chi connectivity index (χ3n) is 4.34. The summed E-state index contributed by atoms with van der Waals surface area (Å²) in [6.07, 6.45) is 5.60. The number of piperidine rings is 1. The molecule has 154 valence electrons. The molecule has 7 nitrogen and oxygen atoms in total. The first-order valence-corrected chi connectivity index (χ1v) is 11.6. The van der Waals surface area contributed by atoms with Crippen LogP contribution in [0.4, 0.5) is 5.69 Å². The average Bonchev–Trinajstić information content (AvgIpc) is 3.25. The van der Waals surface area contributed by atoms with E-state index in [1.54, 1.807) is 18.2 Å². The molecule has 1 fully saturated rings. The van der Waals surface area contributed by atoms with Crippen molar-refractivity contribution < 1.29 is 22.7 Å². The molecule has 0 unspecified atom stereocenters. The minimum absolute atomic E-state index is 0.132. The Morgan fingerprint density at radius 1 is 1.14 bits per heavy atom. The SMILES string of the molecule is O=C(COC(=O)C=Cc1cccs1)Nc1cccc(S(=O)(=O)N2CCCCC2)c1. The highest BCUT2D eigenvalue weighted by Crippen LogP contribution is 2.22. The van der Waals surface area contributed by atoms with Gasteiger partial charge in [-0.25, -0.2) is 13.2 Å². The predicted octanol–water partition coefficient (Wildman–Crippen LogP) is 3.12. The number of ether oxygens (including phenoxy) is 1. The van der Waals surface area contributed by atoms with E-state index in [-0.39, 0.29) is 4.90 Å². The van der Waals surface area contributed by atoms with Gasteiger partial charge in [-0.3, -0.25) is 4.79 Å². The topological polar surface area (TPSA) is 92.8 Å². The van der Waals surface area contributed by atoms with E-state index in [1.165, 1.54) is 33.9 Å². The van der Waals surface area contributed by atoms with Gasteiger partial charge in [0.05, 0.1) is 4.90 Å². The van der Waals surface area contributed by atoms with Crippen LogP contribution in [0.5, 0.6) is 0 Å². The van der Waals surface area contributed by atoms with Crippen molar-refractivity contribution in [2.75, 3.05) is 25.0 Å². The van der Waals surface area contributed by atoms with Gasteiger partial charge in [0, 0.05) is 29.7 Å². The van der Waals surface area contributed by atoms with Crippen LogP contribution in [0.1, 0.15) is 24.1 Å². The number of esters is 1. The van der Waals surface area contributed by atoms with Gasteiger partial charge in [-0.15, -0.1) is 11.3 Å². The molecule has 1 saturated heterocycles. The van der Waals surface area contributed by atoms with Gasteiger partial charge in [0.15, 0.2) is 6.61 Å². The second kappa shape index (κ2) is 9.82. The number of thiophene rings is 1. The highest BCUT2D eigenvalue weighted by Gasteiger charge is 2.26. The zero-order chi connectivity index (χ0) is 20.7. The number of anilines is 1. The fourth-order valence-corrected chi connectivity index (χ4v) is 5.09. The second-order valence-corrected chi connectivity index (χ2v) is 9.41. The van der Waals surface area contributed by atoms with E-state index in [4.69, 9.17) is 4.74 Å². The monoisotopic (exact) mass is 434 g/mol. The fraction of sp³-hybridized carbons (Fsp3) is 0.300. The molecule has 0 saturated carbocycles. The van der Waals surface area contributed by atoms with Crippen molar-refractivity contribution in [2.45, 2.75) is 24.2 Å². The van der Waals surface area contributed by atoms with Gasteiger partial charge in [-0.1, -0.05) is 18.6 Å². The summed E-state index contributed by atoms with van der Waals surface area (Å²) in [5, 5.41) is 4.45. The van der Waals surface area contributed by atoms with E-state index < -0.39 is 28.5 Å². The summed E-state index contributed by atoms with van der Waals surface area (Å²) in [6.45, 7) is 0.554. The smallest absolute Gasteiger partial charge is 0.331 e. The molecule has 1 aliphatic rings. The van der Waals surface area contributed by atoms with Crippen LogP contribution in [0.2, 0.25) is 0 Å². The molecule has 0 spiro atoms. The molecule has 1 amide bonds. The molecule has 3 rings (SSSR count). The summed E-state index contributed by atoms with van der Waals surface area (Å²) in [5.41, 5.74) is 0.332. The summed E-state index contributed by atoms with van der Waals surface area (Å²) in [6, 6.07) is 9.80. The summed E-state index contributed by atoms with van der Waals surface area (Å²) in [7, 11) is -3.59. The molecular formula is C20H22N2O5S2. The van der Waals surface area contributed by atoms with Gasteiger partial charge in [-0.2, -0.15) is 4.31 Å². The normalized spacial score (nSPS) is 15.3. The van der Waals surface area contributed by atoms with Crippen molar-refractivity contribution in [1.82, 2.24) is 4.31 Å². The largest absolute Gasteiger partial charge is 0.452 e. The van der Waals surface area contributed by atoms with E-state index >= 15 is 0 Å². The van der Waals surface area contributed by atoms with Crippen molar-refractivity contribution in [2.24, 2.45) is 0 Å². The molecule has 9 heteroatoms. The minimum atomic E-state index is -3.59. The number of rotatable bonds is 7. The predicted molar refractivity (Wildman–Crippen MR) is 112 cm³/mol. The van der Waals surface area contributed by atoms with Crippen LogP contribution in [0.15, 0.2) is 52.7 Å². The number of benzene rings is 1. The van der Waals surface area contributed by atoms with Crippen LogP contribution in [-0.2, 0) is 24.3 Å². The number of hydrogen-bond donors (Lipinski definition) is 1. The molecule has 1 aromatic carbocycles. The Morgan fingerprint density at radius 3 is 2.66 bits per heavy atom. The second-order valence-electron chi connectivity index (χ2n) is 6.50. The molecule has 0 atom stereocenters. The Morgan fingerprint density at radius 2 is 1.93 bits per heavy atom. The first kappa shape index (κ1) is 21.2. The lowest BCUT2D eigenvalue weighted by molar-refractivity contribution is -0.142.